The maximum absolute atomic E-state index is 9.60. The van der Waals surface area contributed by atoms with Gasteiger partial charge in [-0.05, 0) is 11.5 Å². The lowest BCUT2D eigenvalue weighted by atomic mass is 10.0. The van der Waals surface area contributed by atoms with Crippen LogP contribution in [0, 0.1) is 17.4 Å². The fraction of sp³-hybridized carbons (Fsp3) is 0.636. The molecule has 0 aliphatic heterocycles. The van der Waals surface area contributed by atoms with E-state index < -0.39 is 14.2 Å². The number of aliphatic hydroxyl groups excluding tert-OH is 1. The summed E-state index contributed by atoms with van der Waals surface area (Å²) in [6, 6.07) is 0. The molecule has 1 N–H and O–H groups in total. The van der Waals surface area contributed by atoms with Crippen molar-refractivity contribution >= 4 is 8.07 Å². The zero-order chi connectivity index (χ0) is 10.6. The molecule has 0 spiro atoms. The SMILES string of the molecule is C=C(C(C)C)C(O)C#C[Si](C)(C)C. The summed E-state index contributed by atoms with van der Waals surface area (Å²) in [7, 11) is -1.36. The fourth-order valence-corrected chi connectivity index (χ4v) is 1.26. The molecule has 74 valence electrons. The van der Waals surface area contributed by atoms with Gasteiger partial charge in [0.2, 0.25) is 0 Å². The van der Waals surface area contributed by atoms with Crippen molar-refractivity contribution in [2.24, 2.45) is 5.92 Å². The molecular weight excluding hydrogens is 176 g/mol. The highest BCUT2D eigenvalue weighted by molar-refractivity contribution is 6.83. The first-order chi connectivity index (χ1) is 5.74. The Kier molecular flexibility index (Phi) is 4.45. The average molecular weight is 196 g/mol. The molecule has 0 amide bonds. The lowest BCUT2D eigenvalue weighted by Gasteiger charge is -2.12. The Bertz CT molecular complexity index is 237. The van der Waals surface area contributed by atoms with Crippen LogP contribution in [-0.2, 0) is 0 Å². The van der Waals surface area contributed by atoms with Gasteiger partial charge >= 0.3 is 0 Å². The van der Waals surface area contributed by atoms with Crippen LogP contribution in [-0.4, -0.2) is 19.3 Å². The van der Waals surface area contributed by atoms with E-state index in [4.69, 9.17) is 0 Å². The van der Waals surface area contributed by atoms with Gasteiger partial charge in [0.1, 0.15) is 14.2 Å². The van der Waals surface area contributed by atoms with Crippen LogP contribution in [0.5, 0.6) is 0 Å². The zero-order valence-electron chi connectivity index (χ0n) is 9.31. The maximum atomic E-state index is 9.60. The van der Waals surface area contributed by atoms with Gasteiger partial charge in [0.05, 0.1) is 0 Å². The number of aliphatic hydroxyl groups is 1. The molecule has 0 radical (unpaired) electrons. The third-order valence-corrected chi connectivity index (χ3v) is 2.57. The van der Waals surface area contributed by atoms with Crippen molar-refractivity contribution in [1.82, 2.24) is 0 Å². The van der Waals surface area contributed by atoms with Crippen LogP contribution in [0.1, 0.15) is 13.8 Å². The summed E-state index contributed by atoms with van der Waals surface area (Å²) in [6.45, 7) is 14.3. The van der Waals surface area contributed by atoms with Crippen LogP contribution < -0.4 is 0 Å². The van der Waals surface area contributed by atoms with Gasteiger partial charge in [-0.15, -0.1) is 5.54 Å². The summed E-state index contributed by atoms with van der Waals surface area (Å²) in [5, 5.41) is 9.60. The van der Waals surface area contributed by atoms with E-state index in [-0.39, 0.29) is 0 Å². The molecule has 1 atom stereocenters. The quantitative estimate of drug-likeness (QED) is 0.408. The molecule has 0 heterocycles. The maximum Gasteiger partial charge on any atom is 0.135 e. The molecule has 2 heteroatoms. The van der Waals surface area contributed by atoms with Gasteiger partial charge in [0.25, 0.3) is 0 Å². The van der Waals surface area contributed by atoms with Crippen LogP contribution in [0.15, 0.2) is 12.2 Å². The van der Waals surface area contributed by atoms with Crippen molar-refractivity contribution in [2.75, 3.05) is 0 Å². The molecule has 13 heavy (non-hydrogen) atoms. The molecule has 0 aliphatic rings. The Hall–Kier alpha value is -0.523. The second kappa shape index (κ2) is 4.64. The summed E-state index contributed by atoms with van der Waals surface area (Å²) in [5.41, 5.74) is 3.95. The van der Waals surface area contributed by atoms with Gasteiger partial charge in [-0.1, -0.05) is 46.0 Å². The summed E-state index contributed by atoms with van der Waals surface area (Å²) in [5.74, 6) is 3.17. The third kappa shape index (κ3) is 5.68. The van der Waals surface area contributed by atoms with Gasteiger partial charge < -0.3 is 5.11 Å². The van der Waals surface area contributed by atoms with Crippen molar-refractivity contribution in [2.45, 2.75) is 39.6 Å². The first kappa shape index (κ1) is 12.5. The van der Waals surface area contributed by atoms with E-state index >= 15 is 0 Å². The van der Waals surface area contributed by atoms with Crippen molar-refractivity contribution in [3.8, 4) is 11.5 Å². The molecule has 0 aromatic heterocycles. The van der Waals surface area contributed by atoms with Gasteiger partial charge in [-0.25, -0.2) is 0 Å². The summed E-state index contributed by atoms with van der Waals surface area (Å²) >= 11 is 0. The predicted molar refractivity (Wildman–Crippen MR) is 61.1 cm³/mol. The topological polar surface area (TPSA) is 20.2 Å². The highest BCUT2D eigenvalue weighted by Crippen LogP contribution is 2.11. The molecule has 0 aromatic rings. The van der Waals surface area contributed by atoms with E-state index in [1.165, 1.54) is 0 Å². The van der Waals surface area contributed by atoms with E-state index in [1.807, 2.05) is 13.8 Å². The highest BCUT2D eigenvalue weighted by Gasteiger charge is 2.11. The van der Waals surface area contributed by atoms with Crippen LogP contribution in [0.3, 0.4) is 0 Å². The highest BCUT2D eigenvalue weighted by atomic mass is 28.3. The molecular formula is C11H20OSi. The molecule has 0 bridgehead atoms. The normalized spacial score (nSPS) is 13.5. The Morgan fingerprint density at radius 1 is 1.31 bits per heavy atom. The average Bonchev–Trinajstić information content (AvgIpc) is 1.97. The Balaban J connectivity index is 4.36. The standard InChI is InChI=1S/C11H20OSi/c1-9(2)10(3)11(12)7-8-13(4,5)6/h9,11-12H,3H2,1-2,4-6H3. The zero-order valence-corrected chi connectivity index (χ0v) is 10.3. The lowest BCUT2D eigenvalue weighted by Crippen LogP contribution is -2.19. The Morgan fingerprint density at radius 2 is 1.77 bits per heavy atom. The number of hydrogen-bond donors (Lipinski definition) is 1. The molecule has 0 rings (SSSR count). The second-order valence-corrected chi connectivity index (χ2v) is 9.40. The van der Waals surface area contributed by atoms with E-state index in [2.05, 4.69) is 37.7 Å². The van der Waals surface area contributed by atoms with E-state index in [1.54, 1.807) is 0 Å². The van der Waals surface area contributed by atoms with Crippen LogP contribution in [0.2, 0.25) is 19.6 Å². The van der Waals surface area contributed by atoms with Crippen LogP contribution in [0.25, 0.3) is 0 Å². The number of hydrogen-bond acceptors (Lipinski definition) is 1. The molecule has 0 fully saturated rings. The van der Waals surface area contributed by atoms with Gasteiger partial charge in [-0.3, -0.25) is 0 Å². The van der Waals surface area contributed by atoms with E-state index in [0.717, 1.165) is 5.57 Å². The first-order valence-electron chi connectivity index (χ1n) is 4.63. The fourth-order valence-electron chi connectivity index (χ4n) is 0.693. The molecule has 0 saturated carbocycles. The lowest BCUT2D eigenvalue weighted by molar-refractivity contribution is 0.257. The second-order valence-electron chi connectivity index (χ2n) is 4.65. The van der Waals surface area contributed by atoms with Crippen LogP contribution in [0.4, 0.5) is 0 Å². The minimum Gasteiger partial charge on any atom is -0.376 e. The predicted octanol–water partition coefficient (Wildman–Crippen LogP) is 2.44. The van der Waals surface area contributed by atoms with Gasteiger partial charge in [-0.2, -0.15) is 0 Å². The van der Waals surface area contributed by atoms with Crippen molar-refractivity contribution in [1.29, 1.82) is 0 Å². The Morgan fingerprint density at radius 3 is 2.08 bits per heavy atom. The van der Waals surface area contributed by atoms with Crippen molar-refractivity contribution < 1.29 is 5.11 Å². The molecule has 0 aliphatic carbocycles. The summed E-state index contributed by atoms with van der Waals surface area (Å²) in [6.07, 6.45) is -0.647. The van der Waals surface area contributed by atoms with Crippen LogP contribution >= 0.6 is 0 Å². The number of rotatable bonds is 2. The minimum atomic E-state index is -1.36. The van der Waals surface area contributed by atoms with Gasteiger partial charge in [0.15, 0.2) is 0 Å². The molecule has 0 aromatic carbocycles. The summed E-state index contributed by atoms with van der Waals surface area (Å²) < 4.78 is 0. The third-order valence-electron chi connectivity index (χ3n) is 1.68. The summed E-state index contributed by atoms with van der Waals surface area (Å²) in [4.78, 5) is 0. The molecule has 1 unspecified atom stereocenters. The first-order valence-corrected chi connectivity index (χ1v) is 8.13. The largest absolute Gasteiger partial charge is 0.376 e. The van der Waals surface area contributed by atoms with Crippen molar-refractivity contribution in [3.05, 3.63) is 12.2 Å². The van der Waals surface area contributed by atoms with E-state index in [9.17, 15) is 5.11 Å². The minimum absolute atomic E-state index is 0.297. The molecule has 1 nitrogen and oxygen atoms in total. The van der Waals surface area contributed by atoms with Crippen molar-refractivity contribution in [3.63, 3.8) is 0 Å². The molecule has 0 saturated heterocycles. The van der Waals surface area contributed by atoms with E-state index in [0.29, 0.717) is 5.92 Å². The smallest absolute Gasteiger partial charge is 0.135 e. The van der Waals surface area contributed by atoms with Gasteiger partial charge in [0, 0.05) is 0 Å². The Labute approximate surface area is 82.9 Å². The monoisotopic (exact) mass is 196 g/mol.